The van der Waals surface area contributed by atoms with Crippen molar-refractivity contribution in [3.8, 4) is 0 Å². The number of hydrogen-bond donors (Lipinski definition) is 12. The molecule has 12 N–H and O–H groups in total. The van der Waals surface area contributed by atoms with Crippen LogP contribution in [-0.2, 0) is 54.0 Å². The normalized spacial score (nSPS) is 53.3. The molecule has 6 saturated heterocycles. The summed E-state index contributed by atoms with van der Waals surface area (Å²) in [5.41, 5.74) is 2.22. The Bertz CT molecular complexity index is 2240. The first-order valence-electron chi connectivity index (χ1n) is 28.3. The zero-order chi connectivity index (χ0) is 55.3. The number of aliphatic hydroxyl groups excluding tert-OH is 12. The minimum atomic E-state index is -2.02. The van der Waals surface area contributed by atoms with Crippen molar-refractivity contribution in [3.05, 3.63) is 23.5 Å². The molecule has 1 aromatic heterocycles. The Balaban J connectivity index is 0.737. The summed E-state index contributed by atoms with van der Waals surface area (Å²) in [7, 11) is 0. The van der Waals surface area contributed by atoms with E-state index in [4.69, 9.17) is 47.4 Å². The minimum Gasteiger partial charge on any atom is -0.394 e. The Labute approximate surface area is 452 Å². The highest BCUT2D eigenvalue weighted by Crippen LogP contribution is 2.71. The number of fused-ring (bicyclic) bond motifs is 7. The summed E-state index contributed by atoms with van der Waals surface area (Å²) in [5.74, 6) is 2.84. The number of aliphatic hydroxyl groups is 12. The van der Waals surface area contributed by atoms with Gasteiger partial charge in [0.2, 0.25) is 0 Å². The van der Waals surface area contributed by atoms with Gasteiger partial charge in [0, 0.05) is 12.3 Å². The van der Waals surface area contributed by atoms with Gasteiger partial charge in [-0.2, -0.15) is 0 Å². The van der Waals surface area contributed by atoms with Gasteiger partial charge in [-0.05, 0) is 91.8 Å². The van der Waals surface area contributed by atoms with Gasteiger partial charge in [0.1, 0.15) is 97.3 Å². The highest BCUT2D eigenvalue weighted by molar-refractivity contribution is 5.27. The quantitative estimate of drug-likeness (QED) is 0.0917. The average Bonchev–Trinajstić information content (AvgIpc) is 3.19. The number of ether oxygens (including phenoxy) is 10. The lowest BCUT2D eigenvalue weighted by molar-refractivity contribution is -0.403. The second kappa shape index (κ2) is 22.5. The molecule has 11 rings (SSSR count). The molecule has 1 unspecified atom stereocenters. The van der Waals surface area contributed by atoms with Gasteiger partial charge in [-0.15, -0.1) is 5.10 Å². The van der Waals surface area contributed by atoms with Gasteiger partial charge in [-0.1, -0.05) is 44.6 Å². The van der Waals surface area contributed by atoms with E-state index >= 15 is 0 Å². The molecule has 6 aliphatic heterocycles. The van der Waals surface area contributed by atoms with Crippen LogP contribution in [0.3, 0.4) is 0 Å². The molecule has 9 fully saturated rings. The summed E-state index contributed by atoms with van der Waals surface area (Å²) < 4.78 is 62.3. The van der Waals surface area contributed by atoms with E-state index in [9.17, 15) is 61.3 Å². The van der Waals surface area contributed by atoms with Gasteiger partial charge in [0.15, 0.2) is 30.9 Å². The number of nitrogens with zero attached hydrogens (tertiary/aromatic N) is 3. The van der Waals surface area contributed by atoms with E-state index in [0.29, 0.717) is 41.2 Å². The molecule has 0 aromatic carbocycles. The first kappa shape index (κ1) is 57.8. The smallest absolute Gasteiger partial charge is 0.187 e. The summed E-state index contributed by atoms with van der Waals surface area (Å²) in [6.45, 7) is 7.17. The average molecular weight is 1110 g/mol. The van der Waals surface area contributed by atoms with Gasteiger partial charge in [-0.3, -0.25) is 0 Å². The SMILES string of the molecule is C[C@@H]1CC[C@@]2(OC1)O[C@H]1C[C@H]3[C@@H]4CC=C5CC(n6cc(CO[C@@H]7O[C@H](CO)[C@@H](O[C@@H]8O[C@H](CO)[C@H](O)[C@H](O[C@@H]9OC[C@@H](O)[C@H](O)[C@H]9O)[C@H]8O[C@@H]8O[C@H](CO)[C@@H](O)[C@H](O)[C@H]8O)[C@H](O)[C@H]7O)nn6)CC[C@]5(C)[C@H]4CC[C@]3(C)[C@H]1[C@@H]2C. The van der Waals surface area contributed by atoms with Crippen molar-refractivity contribution in [2.24, 2.45) is 46.3 Å². The molecular formula is C53H83N3O22. The van der Waals surface area contributed by atoms with Crippen LogP contribution in [0.2, 0.25) is 0 Å². The predicted molar refractivity (Wildman–Crippen MR) is 261 cm³/mol. The van der Waals surface area contributed by atoms with E-state index < -0.39 is 149 Å². The lowest BCUT2D eigenvalue weighted by atomic mass is 9.46. The maximum absolute atomic E-state index is 11.7. The Hall–Kier alpha value is -2.00. The van der Waals surface area contributed by atoms with Crippen molar-refractivity contribution < 1.29 is 109 Å². The number of allylic oxidation sites excluding steroid dienone is 2. The Morgan fingerprint density at radius 2 is 1.35 bits per heavy atom. The van der Waals surface area contributed by atoms with Crippen LogP contribution in [0, 0.1) is 46.3 Å². The minimum absolute atomic E-state index is 0.0623. The highest BCUT2D eigenvalue weighted by atomic mass is 16.8. The van der Waals surface area contributed by atoms with Crippen molar-refractivity contribution in [2.75, 3.05) is 33.0 Å². The van der Waals surface area contributed by atoms with E-state index in [-0.39, 0.29) is 29.6 Å². The molecule has 1 spiro atoms. The Morgan fingerprint density at radius 1 is 0.667 bits per heavy atom. The van der Waals surface area contributed by atoms with Crippen LogP contribution < -0.4 is 0 Å². The predicted octanol–water partition coefficient (Wildman–Crippen LogP) is -2.39. The summed E-state index contributed by atoms with van der Waals surface area (Å²) in [6.07, 6.45) is -19.6. The third kappa shape index (κ3) is 9.96. The fourth-order valence-electron chi connectivity index (χ4n) is 16.0. The van der Waals surface area contributed by atoms with Gasteiger partial charge >= 0.3 is 0 Å². The fourth-order valence-corrected chi connectivity index (χ4v) is 16.0. The maximum Gasteiger partial charge on any atom is 0.187 e. The second-order valence-electron chi connectivity index (χ2n) is 24.8. The molecule has 0 amide bonds. The van der Waals surface area contributed by atoms with Crippen molar-refractivity contribution >= 4 is 0 Å². The molecule has 78 heavy (non-hydrogen) atoms. The summed E-state index contributed by atoms with van der Waals surface area (Å²) in [6, 6.07) is 0.0623. The van der Waals surface area contributed by atoms with Crippen molar-refractivity contribution in [1.29, 1.82) is 0 Å². The molecule has 4 aliphatic carbocycles. The van der Waals surface area contributed by atoms with Crippen LogP contribution in [0.1, 0.15) is 97.2 Å². The van der Waals surface area contributed by atoms with Gasteiger partial charge < -0.3 is 109 Å². The molecule has 442 valence electrons. The summed E-state index contributed by atoms with van der Waals surface area (Å²) >= 11 is 0. The third-order valence-electron chi connectivity index (χ3n) is 20.5. The Morgan fingerprint density at radius 3 is 2.08 bits per heavy atom. The Kier molecular flexibility index (Phi) is 16.7. The fraction of sp³-hybridized carbons (Fsp3) is 0.925. The van der Waals surface area contributed by atoms with Crippen LogP contribution in [0.25, 0.3) is 0 Å². The monoisotopic (exact) mass is 1110 g/mol. The van der Waals surface area contributed by atoms with Gasteiger partial charge in [0.05, 0.1) is 58.0 Å². The van der Waals surface area contributed by atoms with E-state index in [1.807, 2.05) is 4.68 Å². The number of hydrogen-bond acceptors (Lipinski definition) is 24. The first-order chi connectivity index (χ1) is 37.2. The molecule has 7 heterocycles. The van der Waals surface area contributed by atoms with Gasteiger partial charge in [0.25, 0.3) is 0 Å². The lowest BCUT2D eigenvalue weighted by Gasteiger charge is -2.58. The molecule has 0 bridgehead atoms. The van der Waals surface area contributed by atoms with E-state index in [0.717, 1.165) is 51.6 Å². The second-order valence-corrected chi connectivity index (χ2v) is 24.8. The molecule has 30 atom stereocenters. The molecule has 1 aromatic rings. The summed E-state index contributed by atoms with van der Waals surface area (Å²) in [5, 5.41) is 138. The number of aromatic nitrogens is 3. The van der Waals surface area contributed by atoms with Gasteiger partial charge in [-0.25, -0.2) is 4.68 Å². The standard InChI is InChI=1S/C53H83N3O22/c1-22-7-12-53(71-19-22)23(2)35-31(78-53)14-29-27-6-5-24-13-26(8-10-51(24,3)28(27)9-11-52(29,35)4)56-15-25(54-55-56)20-69-47-43(68)40(65)44(34(18-59)74-47)75-50-46(77-49-42(67)39(64)37(62)32(16-57)72-49)45(38(63)33(17-58)73-50)76-48-41(66)36(61)30(60)21-70-48/h5,15,22-23,26-50,57-68H,6-14,16-21H2,1-4H3/t22-,23+,26?,27-,28+,29+,30-,31+,32-,33-,34-,35+,36+,37-,38+,39+,40-,41-,42-,43-,44-,45+,46-,47-,48+,49+,50+,51+,52+,53-/m1/s1. The highest BCUT2D eigenvalue weighted by Gasteiger charge is 2.69. The topological polar surface area (TPSA) is 366 Å². The molecule has 25 nitrogen and oxygen atoms in total. The molecule has 3 saturated carbocycles. The zero-order valence-electron chi connectivity index (χ0n) is 44.6. The van der Waals surface area contributed by atoms with Crippen molar-refractivity contribution in [3.63, 3.8) is 0 Å². The van der Waals surface area contributed by atoms with Crippen molar-refractivity contribution in [1.82, 2.24) is 15.0 Å². The van der Waals surface area contributed by atoms with Crippen LogP contribution in [-0.4, -0.2) is 238 Å². The first-order valence-corrected chi connectivity index (χ1v) is 28.3. The van der Waals surface area contributed by atoms with E-state index in [1.54, 1.807) is 6.20 Å². The van der Waals surface area contributed by atoms with E-state index in [2.05, 4.69) is 44.1 Å². The zero-order valence-corrected chi connectivity index (χ0v) is 44.6. The molecule has 10 aliphatic rings. The van der Waals surface area contributed by atoms with Crippen LogP contribution >= 0.6 is 0 Å². The maximum atomic E-state index is 11.7. The number of rotatable bonds is 13. The van der Waals surface area contributed by atoms with Crippen molar-refractivity contribution in [2.45, 2.75) is 227 Å². The molecular weight excluding hydrogens is 1030 g/mol. The third-order valence-corrected chi connectivity index (χ3v) is 20.5. The molecule has 0 radical (unpaired) electrons. The lowest BCUT2D eigenvalue weighted by Crippen LogP contribution is -2.68. The van der Waals surface area contributed by atoms with Crippen LogP contribution in [0.4, 0.5) is 0 Å². The summed E-state index contributed by atoms with van der Waals surface area (Å²) in [4.78, 5) is 0. The van der Waals surface area contributed by atoms with Crippen LogP contribution in [0.5, 0.6) is 0 Å². The van der Waals surface area contributed by atoms with Crippen LogP contribution in [0.15, 0.2) is 17.8 Å². The van der Waals surface area contributed by atoms with E-state index in [1.165, 1.54) is 18.4 Å². The largest absolute Gasteiger partial charge is 0.394 e. The molecule has 25 heteroatoms.